The van der Waals surface area contributed by atoms with E-state index in [-0.39, 0.29) is 11.4 Å². The van der Waals surface area contributed by atoms with Gasteiger partial charge in [0.2, 0.25) is 0 Å². The maximum atomic E-state index is 12.8. The minimum atomic E-state index is 0.0160. The maximum Gasteiger partial charge on any atom is 0.273 e. The van der Waals surface area contributed by atoms with Crippen LogP contribution in [-0.4, -0.2) is 33.0 Å². The van der Waals surface area contributed by atoms with Crippen LogP contribution < -0.4 is 10.1 Å². The molecule has 0 atom stereocenters. The standard InChI is InChI=1S/C21H20N4O2S/c1-2-27-20-23-10-16(28-20)14-7-13-11(9-22-14)3-4-12-17-15(24-18(12)13)8-21(5-6-21)25-19(17)26/h7,9-10,24H,2-6,8H2,1H3,(H,25,26). The molecule has 3 aromatic rings. The van der Waals surface area contributed by atoms with Gasteiger partial charge in [0, 0.05) is 29.4 Å². The molecule has 3 aliphatic rings. The molecule has 6 nitrogen and oxygen atoms in total. The van der Waals surface area contributed by atoms with Crippen LogP contribution in [0.5, 0.6) is 5.19 Å². The lowest BCUT2D eigenvalue weighted by molar-refractivity contribution is 0.0917. The topological polar surface area (TPSA) is 79.9 Å². The molecule has 1 amide bonds. The van der Waals surface area contributed by atoms with Crippen molar-refractivity contribution < 1.29 is 9.53 Å². The molecule has 7 heteroatoms. The normalized spacial score (nSPS) is 18.2. The molecule has 6 rings (SSSR count). The molecule has 0 unspecified atom stereocenters. The number of carbonyl (C=O) groups excluding carboxylic acids is 1. The fraction of sp³-hybridized carbons (Fsp3) is 0.381. The SMILES string of the molecule is CCOc1ncc(-c2cc3c(cn2)CCc2c-3[nH]c3c2C(=O)NC2(CC2)C3)s1. The van der Waals surface area contributed by atoms with E-state index in [1.165, 1.54) is 16.9 Å². The van der Waals surface area contributed by atoms with E-state index in [1.54, 1.807) is 0 Å². The molecule has 4 heterocycles. The van der Waals surface area contributed by atoms with Crippen LogP contribution in [0.1, 0.15) is 46.9 Å². The average Bonchev–Trinajstić information content (AvgIpc) is 3.11. The number of nitrogens with one attached hydrogen (secondary N) is 2. The molecule has 0 radical (unpaired) electrons. The van der Waals surface area contributed by atoms with Crippen LogP contribution in [0.3, 0.4) is 0 Å². The number of aromatic nitrogens is 3. The summed E-state index contributed by atoms with van der Waals surface area (Å²) in [6.07, 6.45) is 8.66. The minimum Gasteiger partial charge on any atom is -0.470 e. The number of pyridine rings is 1. The molecule has 2 aliphatic carbocycles. The molecule has 1 saturated carbocycles. The molecular weight excluding hydrogens is 372 g/mol. The minimum absolute atomic E-state index is 0.0160. The zero-order chi connectivity index (χ0) is 18.9. The number of ether oxygens (including phenoxy) is 1. The number of thiazole rings is 1. The van der Waals surface area contributed by atoms with Crippen molar-refractivity contribution in [3.8, 4) is 27.0 Å². The third-order valence-corrected chi connectivity index (χ3v) is 6.99. The highest BCUT2D eigenvalue weighted by Crippen LogP contribution is 2.46. The quantitative estimate of drug-likeness (QED) is 0.715. The Morgan fingerprint density at radius 2 is 2.14 bits per heavy atom. The first-order chi connectivity index (χ1) is 13.7. The first-order valence-electron chi connectivity index (χ1n) is 9.80. The van der Waals surface area contributed by atoms with Crippen molar-refractivity contribution >= 4 is 17.2 Å². The molecule has 0 bridgehead atoms. The number of nitrogens with zero attached hydrogens (tertiary/aromatic N) is 2. The average molecular weight is 392 g/mol. The summed E-state index contributed by atoms with van der Waals surface area (Å²) in [5.74, 6) is 0.0952. The van der Waals surface area contributed by atoms with Gasteiger partial charge in [0.25, 0.3) is 11.1 Å². The van der Waals surface area contributed by atoms with E-state index >= 15 is 0 Å². The highest BCUT2D eigenvalue weighted by atomic mass is 32.1. The fourth-order valence-corrected chi connectivity index (χ4v) is 5.29. The highest BCUT2D eigenvalue weighted by molar-refractivity contribution is 7.16. The van der Waals surface area contributed by atoms with Crippen molar-refractivity contribution in [3.63, 3.8) is 0 Å². The van der Waals surface area contributed by atoms with E-state index in [1.807, 2.05) is 19.3 Å². The van der Waals surface area contributed by atoms with Gasteiger partial charge in [-0.05, 0) is 49.8 Å². The van der Waals surface area contributed by atoms with Crippen LogP contribution in [0.15, 0.2) is 18.5 Å². The van der Waals surface area contributed by atoms with Crippen LogP contribution in [0, 0.1) is 0 Å². The lowest BCUT2D eigenvalue weighted by Crippen LogP contribution is -2.43. The van der Waals surface area contributed by atoms with Crippen molar-refractivity contribution in [1.29, 1.82) is 0 Å². The number of carbonyl (C=O) groups is 1. The molecule has 3 aromatic heterocycles. The number of aryl methyl sites for hydroxylation is 1. The zero-order valence-electron chi connectivity index (χ0n) is 15.6. The number of aromatic amines is 1. The second-order valence-corrected chi connectivity index (χ2v) is 8.89. The van der Waals surface area contributed by atoms with E-state index in [4.69, 9.17) is 4.74 Å². The van der Waals surface area contributed by atoms with E-state index < -0.39 is 0 Å². The lowest BCUT2D eigenvalue weighted by Gasteiger charge is -2.24. The molecule has 1 spiro atoms. The Morgan fingerprint density at radius 3 is 2.96 bits per heavy atom. The van der Waals surface area contributed by atoms with Gasteiger partial charge in [-0.2, -0.15) is 0 Å². The Hall–Kier alpha value is -2.67. The van der Waals surface area contributed by atoms with Gasteiger partial charge in [-0.1, -0.05) is 11.3 Å². The molecule has 0 saturated heterocycles. The van der Waals surface area contributed by atoms with Crippen molar-refractivity contribution in [3.05, 3.63) is 40.8 Å². The molecule has 1 aliphatic heterocycles. The largest absolute Gasteiger partial charge is 0.470 e. The number of rotatable bonds is 3. The fourth-order valence-electron chi connectivity index (χ4n) is 4.50. The van der Waals surface area contributed by atoms with E-state index in [9.17, 15) is 4.79 Å². The van der Waals surface area contributed by atoms with Gasteiger partial charge in [-0.3, -0.25) is 9.78 Å². The van der Waals surface area contributed by atoms with Crippen LogP contribution in [0.25, 0.3) is 21.8 Å². The van der Waals surface area contributed by atoms with E-state index in [0.29, 0.717) is 11.8 Å². The predicted molar refractivity (Wildman–Crippen MR) is 107 cm³/mol. The van der Waals surface area contributed by atoms with E-state index in [2.05, 4.69) is 26.3 Å². The summed E-state index contributed by atoms with van der Waals surface area (Å²) < 4.78 is 5.50. The van der Waals surface area contributed by atoms with Gasteiger partial charge in [0.1, 0.15) is 0 Å². The summed E-state index contributed by atoms with van der Waals surface area (Å²) in [6.45, 7) is 2.56. The molecule has 142 valence electrons. The summed E-state index contributed by atoms with van der Waals surface area (Å²) >= 11 is 1.51. The zero-order valence-corrected chi connectivity index (χ0v) is 16.4. The molecule has 28 heavy (non-hydrogen) atoms. The summed E-state index contributed by atoms with van der Waals surface area (Å²) in [5, 5.41) is 3.91. The van der Waals surface area contributed by atoms with Crippen LogP contribution in [0.4, 0.5) is 0 Å². The van der Waals surface area contributed by atoms with E-state index in [0.717, 1.165) is 70.8 Å². The molecule has 2 N–H and O–H groups in total. The summed E-state index contributed by atoms with van der Waals surface area (Å²) in [7, 11) is 0. The van der Waals surface area contributed by atoms with Crippen molar-refractivity contribution in [2.75, 3.05) is 6.61 Å². The third kappa shape index (κ3) is 2.35. The van der Waals surface area contributed by atoms with Crippen LogP contribution in [-0.2, 0) is 19.3 Å². The molecule has 1 fully saturated rings. The smallest absolute Gasteiger partial charge is 0.273 e. The lowest BCUT2D eigenvalue weighted by atomic mass is 9.87. The summed E-state index contributed by atoms with van der Waals surface area (Å²) in [6, 6.07) is 2.13. The van der Waals surface area contributed by atoms with Gasteiger partial charge in [0.15, 0.2) is 0 Å². The number of fused-ring (bicyclic) bond motifs is 5. The Kier molecular flexibility index (Phi) is 3.30. The van der Waals surface area contributed by atoms with Crippen molar-refractivity contribution in [2.24, 2.45) is 0 Å². The summed E-state index contributed by atoms with van der Waals surface area (Å²) in [4.78, 5) is 26.4. The predicted octanol–water partition coefficient (Wildman–Crippen LogP) is 3.52. The number of amides is 1. The monoisotopic (exact) mass is 392 g/mol. The van der Waals surface area contributed by atoms with Gasteiger partial charge in [0.05, 0.1) is 34.6 Å². The first-order valence-corrected chi connectivity index (χ1v) is 10.6. The molecule has 0 aromatic carbocycles. The highest BCUT2D eigenvalue weighted by Gasteiger charge is 2.49. The Morgan fingerprint density at radius 1 is 1.25 bits per heavy atom. The second-order valence-electron chi connectivity index (χ2n) is 7.89. The Balaban J connectivity index is 1.44. The number of hydrogen-bond donors (Lipinski definition) is 2. The van der Waals surface area contributed by atoms with Crippen LogP contribution >= 0.6 is 11.3 Å². The van der Waals surface area contributed by atoms with Gasteiger partial charge >= 0.3 is 0 Å². The summed E-state index contributed by atoms with van der Waals surface area (Å²) in [5.41, 5.74) is 7.54. The third-order valence-electron chi connectivity index (χ3n) is 6.06. The first kappa shape index (κ1) is 16.3. The van der Waals surface area contributed by atoms with Gasteiger partial charge < -0.3 is 15.0 Å². The van der Waals surface area contributed by atoms with Gasteiger partial charge in [-0.25, -0.2) is 4.98 Å². The maximum absolute atomic E-state index is 12.8. The molecular formula is C21H20N4O2S. The Labute approximate surface area is 166 Å². The van der Waals surface area contributed by atoms with Crippen LogP contribution in [0.2, 0.25) is 0 Å². The Bertz CT molecular complexity index is 1130. The number of H-pyrrole nitrogens is 1. The second kappa shape index (κ2) is 5.67. The van der Waals surface area contributed by atoms with Gasteiger partial charge in [-0.15, -0.1) is 0 Å². The number of hydrogen-bond acceptors (Lipinski definition) is 5. The van der Waals surface area contributed by atoms with Crippen molar-refractivity contribution in [1.82, 2.24) is 20.3 Å². The van der Waals surface area contributed by atoms with Crippen molar-refractivity contribution in [2.45, 2.75) is 44.6 Å².